The van der Waals surface area contributed by atoms with Gasteiger partial charge in [-0.25, -0.2) is 9.69 Å². The number of anilines is 1. The molecular weight excluding hydrogens is 366 g/mol. The van der Waals surface area contributed by atoms with Crippen molar-refractivity contribution in [2.75, 3.05) is 38.6 Å². The van der Waals surface area contributed by atoms with Crippen LogP contribution in [0.1, 0.15) is 5.56 Å². The van der Waals surface area contributed by atoms with Crippen molar-refractivity contribution >= 4 is 39.5 Å². The Kier molecular flexibility index (Phi) is 5.73. The second-order valence-electron chi connectivity index (χ2n) is 5.34. The first-order valence-corrected chi connectivity index (χ1v) is 7.88. The van der Waals surface area contributed by atoms with Gasteiger partial charge in [0, 0.05) is 10.2 Å². The molecule has 1 N–H and O–H groups in total. The third-order valence-electron chi connectivity index (χ3n) is 3.34. The number of amides is 3. The summed E-state index contributed by atoms with van der Waals surface area (Å²) in [6.45, 7) is 2.39. The summed E-state index contributed by atoms with van der Waals surface area (Å²) < 4.78 is 5.65. The molecule has 1 heterocycles. The maximum absolute atomic E-state index is 12.0. The number of hydrogen-bond acceptors (Lipinski definition) is 5. The molecule has 0 spiro atoms. The minimum absolute atomic E-state index is 0.0260. The first-order valence-electron chi connectivity index (χ1n) is 7.08. The summed E-state index contributed by atoms with van der Waals surface area (Å²) in [5, 5.41) is 2.80. The van der Waals surface area contributed by atoms with Crippen LogP contribution in [0.4, 0.5) is 10.5 Å². The highest BCUT2D eigenvalue weighted by molar-refractivity contribution is 9.10. The van der Waals surface area contributed by atoms with Crippen LogP contribution in [-0.4, -0.2) is 61.0 Å². The van der Waals surface area contributed by atoms with E-state index in [-0.39, 0.29) is 38.1 Å². The monoisotopic (exact) mass is 383 g/mol. The zero-order valence-corrected chi connectivity index (χ0v) is 14.6. The Labute approximate surface area is 142 Å². The van der Waals surface area contributed by atoms with Gasteiger partial charge in [0.15, 0.2) is 0 Å². The van der Waals surface area contributed by atoms with Crippen molar-refractivity contribution in [1.82, 2.24) is 9.80 Å². The fraction of sp³-hybridized carbons (Fsp3) is 0.400. The highest BCUT2D eigenvalue weighted by atomic mass is 79.9. The van der Waals surface area contributed by atoms with Crippen molar-refractivity contribution in [3.63, 3.8) is 0 Å². The number of carbonyl (C=O) groups excluding carboxylic acids is 3. The lowest BCUT2D eigenvalue weighted by Gasteiger charge is -2.18. The predicted molar refractivity (Wildman–Crippen MR) is 88.1 cm³/mol. The zero-order valence-electron chi connectivity index (χ0n) is 13.0. The van der Waals surface area contributed by atoms with Crippen molar-refractivity contribution < 1.29 is 19.1 Å². The number of cyclic esters (lactones) is 1. The Bertz CT molecular complexity index is 635. The molecule has 2 rings (SSSR count). The molecule has 1 aliphatic rings. The molecule has 1 saturated heterocycles. The van der Waals surface area contributed by atoms with Gasteiger partial charge in [0.2, 0.25) is 11.8 Å². The average Bonchev–Trinajstić information content (AvgIpc) is 2.88. The Balaban J connectivity index is 1.84. The molecule has 0 atom stereocenters. The van der Waals surface area contributed by atoms with E-state index in [0.29, 0.717) is 0 Å². The van der Waals surface area contributed by atoms with E-state index in [1.54, 1.807) is 11.9 Å². The largest absolute Gasteiger partial charge is 0.447 e. The van der Waals surface area contributed by atoms with Crippen LogP contribution in [0.15, 0.2) is 22.7 Å². The molecule has 7 nitrogen and oxygen atoms in total. The number of aryl methyl sites for hydroxylation is 1. The molecule has 3 amide bonds. The normalized spacial score (nSPS) is 14.1. The fourth-order valence-corrected chi connectivity index (χ4v) is 2.67. The van der Waals surface area contributed by atoms with Gasteiger partial charge in [0.25, 0.3) is 0 Å². The van der Waals surface area contributed by atoms with E-state index in [1.165, 1.54) is 0 Å². The zero-order chi connectivity index (χ0) is 17.0. The Morgan fingerprint density at radius 2 is 2.13 bits per heavy atom. The summed E-state index contributed by atoms with van der Waals surface area (Å²) in [5.74, 6) is -0.600. The summed E-state index contributed by atoms with van der Waals surface area (Å²) in [6.07, 6.45) is -0.627. The minimum atomic E-state index is -0.627. The molecule has 0 aromatic heterocycles. The van der Waals surface area contributed by atoms with E-state index in [2.05, 4.69) is 21.2 Å². The van der Waals surface area contributed by atoms with Crippen LogP contribution in [0.5, 0.6) is 0 Å². The molecule has 0 bridgehead atoms. The van der Waals surface area contributed by atoms with E-state index in [1.807, 2.05) is 25.1 Å². The van der Waals surface area contributed by atoms with Gasteiger partial charge in [-0.05, 0) is 37.7 Å². The molecule has 8 heteroatoms. The number of ether oxygens (including phenoxy) is 1. The third-order valence-corrected chi connectivity index (χ3v) is 3.84. The number of nitrogens with one attached hydrogen (secondary N) is 1. The lowest BCUT2D eigenvalue weighted by molar-refractivity contribution is -0.129. The number of benzene rings is 1. The number of halogens is 1. The van der Waals surface area contributed by atoms with E-state index >= 15 is 0 Å². The van der Waals surface area contributed by atoms with Crippen molar-refractivity contribution in [1.29, 1.82) is 0 Å². The molecule has 1 aliphatic heterocycles. The molecule has 1 fully saturated rings. The van der Waals surface area contributed by atoms with Crippen molar-refractivity contribution in [2.24, 2.45) is 0 Å². The summed E-state index contributed by atoms with van der Waals surface area (Å²) in [4.78, 5) is 37.9. The van der Waals surface area contributed by atoms with Gasteiger partial charge in [-0.1, -0.05) is 15.9 Å². The molecule has 1 aromatic carbocycles. The second-order valence-corrected chi connectivity index (χ2v) is 6.26. The molecule has 0 aliphatic carbocycles. The number of carbonyl (C=O) groups is 3. The van der Waals surface area contributed by atoms with Gasteiger partial charge in [0.05, 0.1) is 19.6 Å². The maximum Gasteiger partial charge on any atom is 0.416 e. The van der Waals surface area contributed by atoms with Crippen LogP contribution in [-0.2, 0) is 14.3 Å². The van der Waals surface area contributed by atoms with Gasteiger partial charge in [0.1, 0.15) is 6.61 Å². The van der Waals surface area contributed by atoms with Crippen LogP contribution in [0.2, 0.25) is 0 Å². The molecule has 0 radical (unpaired) electrons. The molecule has 124 valence electrons. The van der Waals surface area contributed by atoms with Crippen LogP contribution in [0.25, 0.3) is 0 Å². The van der Waals surface area contributed by atoms with Gasteiger partial charge >= 0.3 is 6.09 Å². The maximum atomic E-state index is 12.0. The number of likely N-dealkylation sites (N-methyl/N-ethyl adjacent to an activating group) is 1. The number of imide groups is 1. The minimum Gasteiger partial charge on any atom is -0.447 e. The van der Waals surface area contributed by atoms with Crippen LogP contribution in [0.3, 0.4) is 0 Å². The lowest BCUT2D eigenvalue weighted by atomic mass is 10.2. The summed E-state index contributed by atoms with van der Waals surface area (Å²) >= 11 is 3.37. The van der Waals surface area contributed by atoms with Crippen LogP contribution < -0.4 is 5.32 Å². The van der Waals surface area contributed by atoms with E-state index < -0.39 is 6.09 Å². The molecule has 0 saturated carbocycles. The van der Waals surface area contributed by atoms with Gasteiger partial charge in [-0.15, -0.1) is 0 Å². The SMILES string of the molecule is Cc1cc(Br)ccc1NC(=O)CN(C)CC(=O)N1CCOC1=O. The smallest absolute Gasteiger partial charge is 0.416 e. The first-order chi connectivity index (χ1) is 10.9. The summed E-state index contributed by atoms with van der Waals surface area (Å²) in [5.41, 5.74) is 1.66. The molecule has 1 aromatic rings. The molecular formula is C15H18BrN3O4. The van der Waals surface area contributed by atoms with Crippen LogP contribution >= 0.6 is 15.9 Å². The van der Waals surface area contributed by atoms with Crippen molar-refractivity contribution in [2.45, 2.75) is 6.92 Å². The Morgan fingerprint density at radius 1 is 1.39 bits per heavy atom. The van der Waals surface area contributed by atoms with E-state index in [4.69, 9.17) is 4.74 Å². The summed E-state index contributed by atoms with van der Waals surface area (Å²) in [6, 6.07) is 5.55. The quantitative estimate of drug-likeness (QED) is 0.835. The topological polar surface area (TPSA) is 79.0 Å². The average molecular weight is 384 g/mol. The fourth-order valence-electron chi connectivity index (χ4n) is 2.19. The van der Waals surface area contributed by atoms with Gasteiger partial charge in [-0.2, -0.15) is 0 Å². The van der Waals surface area contributed by atoms with Crippen molar-refractivity contribution in [3.8, 4) is 0 Å². The second kappa shape index (κ2) is 7.56. The number of hydrogen-bond donors (Lipinski definition) is 1. The molecule has 23 heavy (non-hydrogen) atoms. The Morgan fingerprint density at radius 3 is 2.74 bits per heavy atom. The highest BCUT2D eigenvalue weighted by Crippen LogP contribution is 2.19. The third kappa shape index (κ3) is 4.77. The van der Waals surface area contributed by atoms with E-state index in [9.17, 15) is 14.4 Å². The highest BCUT2D eigenvalue weighted by Gasteiger charge is 2.28. The Hall–Kier alpha value is -1.93. The van der Waals surface area contributed by atoms with Gasteiger partial charge < -0.3 is 10.1 Å². The van der Waals surface area contributed by atoms with Crippen molar-refractivity contribution in [3.05, 3.63) is 28.2 Å². The first kappa shape index (κ1) is 17.4. The van der Waals surface area contributed by atoms with Gasteiger partial charge in [-0.3, -0.25) is 14.5 Å². The number of rotatable bonds is 5. The predicted octanol–water partition coefficient (Wildman–Crippen LogP) is 1.61. The van der Waals surface area contributed by atoms with Crippen LogP contribution in [0, 0.1) is 6.92 Å². The molecule has 0 unspecified atom stereocenters. The lowest BCUT2D eigenvalue weighted by Crippen LogP contribution is -2.41. The standard InChI is InChI=1S/C15H18BrN3O4/c1-10-7-11(16)3-4-12(10)17-13(20)8-18(2)9-14(21)19-5-6-23-15(19)22/h3-4,7H,5-6,8-9H2,1-2H3,(H,17,20). The summed E-state index contributed by atoms with van der Waals surface area (Å²) in [7, 11) is 1.65. The van der Waals surface area contributed by atoms with E-state index in [0.717, 1.165) is 20.6 Å². The number of nitrogens with zero attached hydrogens (tertiary/aromatic N) is 2.